The number of aromatic nitrogens is 3. The van der Waals surface area contributed by atoms with Gasteiger partial charge in [-0.1, -0.05) is 42.1 Å². The van der Waals surface area contributed by atoms with Gasteiger partial charge in [-0.3, -0.25) is 14.2 Å². The van der Waals surface area contributed by atoms with Crippen LogP contribution in [0, 0.1) is 13.8 Å². The number of methoxy groups -OCH3 is 1. The van der Waals surface area contributed by atoms with E-state index >= 15 is 0 Å². The third kappa shape index (κ3) is 5.06. The molecule has 8 heteroatoms. The van der Waals surface area contributed by atoms with Crippen LogP contribution < -0.4 is 15.6 Å². The maximum absolute atomic E-state index is 13.2. The van der Waals surface area contributed by atoms with E-state index in [4.69, 9.17) is 4.74 Å². The first-order valence-corrected chi connectivity index (χ1v) is 11.4. The van der Waals surface area contributed by atoms with Crippen LogP contribution in [0.15, 0.2) is 70.7 Å². The average molecular weight is 461 g/mol. The first-order valence-electron chi connectivity index (χ1n) is 10.4. The SMILES string of the molecule is COc1ccc(Cn2c(SCC(=O)Nc3c(C)cccc3C)nc3ncccc3c2=O)cc1. The van der Waals surface area contributed by atoms with Crippen molar-refractivity contribution in [2.45, 2.75) is 25.5 Å². The number of fused-ring (bicyclic) bond motifs is 1. The lowest BCUT2D eigenvalue weighted by Gasteiger charge is -2.14. The van der Waals surface area contributed by atoms with Gasteiger partial charge in [-0.05, 0) is 54.8 Å². The molecule has 2 aromatic carbocycles. The van der Waals surface area contributed by atoms with Gasteiger partial charge in [0.15, 0.2) is 10.8 Å². The summed E-state index contributed by atoms with van der Waals surface area (Å²) < 4.78 is 6.80. The van der Waals surface area contributed by atoms with Crippen LogP contribution in [0.2, 0.25) is 0 Å². The number of carbonyl (C=O) groups excluding carboxylic acids is 1. The summed E-state index contributed by atoms with van der Waals surface area (Å²) in [5, 5.41) is 3.86. The second-order valence-corrected chi connectivity index (χ2v) is 8.55. The molecule has 0 aliphatic carbocycles. The van der Waals surface area contributed by atoms with E-state index in [0.29, 0.717) is 22.7 Å². The number of thioether (sulfide) groups is 1. The number of rotatable bonds is 7. The summed E-state index contributed by atoms with van der Waals surface area (Å²) in [5.74, 6) is 0.690. The van der Waals surface area contributed by atoms with Crippen molar-refractivity contribution >= 4 is 34.4 Å². The molecule has 0 atom stereocenters. The molecule has 2 aromatic heterocycles. The number of nitrogens with zero attached hydrogens (tertiary/aromatic N) is 3. The lowest BCUT2D eigenvalue weighted by molar-refractivity contribution is -0.113. The van der Waals surface area contributed by atoms with E-state index in [1.165, 1.54) is 11.8 Å². The van der Waals surface area contributed by atoms with Crippen molar-refractivity contribution in [1.29, 1.82) is 0 Å². The van der Waals surface area contributed by atoms with Crippen molar-refractivity contribution < 1.29 is 9.53 Å². The maximum atomic E-state index is 13.2. The Morgan fingerprint density at radius 3 is 2.48 bits per heavy atom. The highest BCUT2D eigenvalue weighted by Crippen LogP contribution is 2.22. The molecule has 0 radical (unpaired) electrons. The smallest absolute Gasteiger partial charge is 0.263 e. The van der Waals surface area contributed by atoms with Crippen LogP contribution in [0.3, 0.4) is 0 Å². The fraction of sp³-hybridized carbons (Fsp3) is 0.200. The highest BCUT2D eigenvalue weighted by Gasteiger charge is 2.15. The van der Waals surface area contributed by atoms with Crippen molar-refractivity contribution in [2.75, 3.05) is 18.2 Å². The number of amides is 1. The predicted molar refractivity (Wildman–Crippen MR) is 131 cm³/mol. The van der Waals surface area contributed by atoms with Gasteiger partial charge >= 0.3 is 0 Å². The molecular formula is C25H24N4O3S. The Hall–Kier alpha value is -3.65. The van der Waals surface area contributed by atoms with Crippen LogP contribution in [0.5, 0.6) is 5.75 Å². The Morgan fingerprint density at radius 2 is 1.79 bits per heavy atom. The zero-order chi connectivity index (χ0) is 23.4. The zero-order valence-corrected chi connectivity index (χ0v) is 19.5. The minimum Gasteiger partial charge on any atom is -0.497 e. The van der Waals surface area contributed by atoms with Gasteiger partial charge in [0.2, 0.25) is 5.91 Å². The molecule has 0 bridgehead atoms. The molecule has 1 amide bonds. The average Bonchev–Trinajstić information content (AvgIpc) is 2.82. The van der Waals surface area contributed by atoms with Crippen LogP contribution in [0.25, 0.3) is 11.0 Å². The number of pyridine rings is 1. The van der Waals surface area contributed by atoms with Gasteiger partial charge in [0.1, 0.15) is 5.75 Å². The van der Waals surface area contributed by atoms with E-state index in [1.807, 2.05) is 56.3 Å². The number of ether oxygens (including phenoxy) is 1. The maximum Gasteiger partial charge on any atom is 0.263 e. The number of hydrogen-bond donors (Lipinski definition) is 1. The second kappa shape index (κ2) is 9.87. The molecular weight excluding hydrogens is 436 g/mol. The summed E-state index contributed by atoms with van der Waals surface area (Å²) in [6.45, 7) is 4.24. The molecule has 168 valence electrons. The summed E-state index contributed by atoms with van der Waals surface area (Å²) in [7, 11) is 1.61. The van der Waals surface area contributed by atoms with Crippen molar-refractivity contribution in [3.8, 4) is 5.75 Å². The molecule has 1 N–H and O–H groups in total. The third-order valence-electron chi connectivity index (χ3n) is 5.27. The first kappa shape index (κ1) is 22.5. The molecule has 0 aliphatic heterocycles. The minimum atomic E-state index is -0.193. The molecule has 0 saturated heterocycles. The molecule has 0 unspecified atom stereocenters. The third-order valence-corrected chi connectivity index (χ3v) is 6.25. The second-order valence-electron chi connectivity index (χ2n) is 7.61. The fourth-order valence-electron chi connectivity index (χ4n) is 3.52. The van der Waals surface area contributed by atoms with Gasteiger partial charge in [-0.2, -0.15) is 0 Å². The number of benzene rings is 2. The number of aryl methyl sites for hydroxylation is 2. The molecule has 0 saturated carbocycles. The Kier molecular flexibility index (Phi) is 6.74. The largest absolute Gasteiger partial charge is 0.497 e. The van der Waals surface area contributed by atoms with Crippen molar-refractivity contribution in [1.82, 2.24) is 14.5 Å². The van der Waals surface area contributed by atoms with Crippen LogP contribution in [-0.2, 0) is 11.3 Å². The zero-order valence-electron chi connectivity index (χ0n) is 18.7. The Bertz CT molecular complexity index is 1350. The standard InChI is InChI=1S/C25H24N4O3S/c1-16-6-4-7-17(2)22(16)27-21(30)15-33-25-28-23-20(8-5-13-26-23)24(31)29(25)14-18-9-11-19(32-3)12-10-18/h4-13H,14-15H2,1-3H3,(H,27,30). The molecule has 2 heterocycles. The van der Waals surface area contributed by atoms with Crippen molar-refractivity contribution in [3.05, 3.63) is 87.8 Å². The molecule has 0 fully saturated rings. The first-order chi connectivity index (χ1) is 16.0. The monoisotopic (exact) mass is 460 g/mol. The number of para-hydroxylation sites is 1. The van der Waals surface area contributed by atoms with Crippen LogP contribution >= 0.6 is 11.8 Å². The Morgan fingerprint density at radius 1 is 1.06 bits per heavy atom. The molecule has 0 aliphatic rings. The quantitative estimate of drug-likeness (QED) is 0.329. The number of anilines is 1. The van der Waals surface area contributed by atoms with Gasteiger partial charge in [0, 0.05) is 11.9 Å². The van der Waals surface area contributed by atoms with Gasteiger partial charge < -0.3 is 10.1 Å². The van der Waals surface area contributed by atoms with E-state index in [-0.39, 0.29) is 17.2 Å². The fourth-order valence-corrected chi connectivity index (χ4v) is 4.30. The number of carbonyl (C=O) groups is 1. The molecule has 4 rings (SSSR count). The minimum absolute atomic E-state index is 0.112. The van der Waals surface area contributed by atoms with E-state index in [2.05, 4.69) is 15.3 Å². The summed E-state index contributed by atoms with van der Waals surface area (Å²) >= 11 is 1.22. The number of nitrogens with one attached hydrogen (secondary N) is 1. The van der Waals surface area contributed by atoms with E-state index in [1.54, 1.807) is 30.0 Å². The van der Waals surface area contributed by atoms with Crippen molar-refractivity contribution in [3.63, 3.8) is 0 Å². The van der Waals surface area contributed by atoms with Crippen LogP contribution in [0.1, 0.15) is 16.7 Å². The molecule has 4 aromatic rings. The van der Waals surface area contributed by atoms with Crippen LogP contribution in [0.4, 0.5) is 5.69 Å². The Balaban J connectivity index is 1.62. The molecule has 7 nitrogen and oxygen atoms in total. The summed E-state index contributed by atoms with van der Waals surface area (Å²) in [6.07, 6.45) is 1.60. The van der Waals surface area contributed by atoms with Gasteiger partial charge in [-0.15, -0.1) is 0 Å². The predicted octanol–water partition coefficient (Wildman–Crippen LogP) is 4.20. The van der Waals surface area contributed by atoms with Crippen molar-refractivity contribution in [2.24, 2.45) is 0 Å². The van der Waals surface area contributed by atoms with Gasteiger partial charge in [0.05, 0.1) is 24.8 Å². The Labute approximate surface area is 195 Å². The van der Waals surface area contributed by atoms with E-state index < -0.39 is 0 Å². The summed E-state index contributed by atoms with van der Waals surface area (Å²) in [5.41, 5.74) is 3.90. The summed E-state index contributed by atoms with van der Waals surface area (Å²) in [6, 6.07) is 16.8. The lowest BCUT2D eigenvalue weighted by Crippen LogP contribution is -2.25. The highest BCUT2D eigenvalue weighted by molar-refractivity contribution is 7.99. The topological polar surface area (TPSA) is 86.1 Å². The van der Waals surface area contributed by atoms with Crippen LogP contribution in [-0.4, -0.2) is 33.3 Å². The normalized spacial score (nSPS) is 10.9. The highest BCUT2D eigenvalue weighted by atomic mass is 32.2. The van der Waals surface area contributed by atoms with E-state index in [9.17, 15) is 9.59 Å². The van der Waals surface area contributed by atoms with E-state index in [0.717, 1.165) is 28.1 Å². The summed E-state index contributed by atoms with van der Waals surface area (Å²) in [4.78, 5) is 34.8. The van der Waals surface area contributed by atoms with Gasteiger partial charge in [0.25, 0.3) is 5.56 Å². The molecule has 33 heavy (non-hydrogen) atoms. The lowest BCUT2D eigenvalue weighted by atomic mass is 10.1. The number of hydrogen-bond acceptors (Lipinski definition) is 6. The van der Waals surface area contributed by atoms with Gasteiger partial charge in [-0.25, -0.2) is 9.97 Å². The molecule has 0 spiro atoms.